The van der Waals surface area contributed by atoms with Gasteiger partial charge in [0, 0.05) is 10.0 Å². The van der Waals surface area contributed by atoms with Gasteiger partial charge in [0.05, 0.1) is 0 Å². The molecule has 84 valence electrons. The van der Waals surface area contributed by atoms with Gasteiger partial charge >= 0.3 is 0 Å². The molecule has 3 nitrogen and oxygen atoms in total. The van der Waals surface area contributed by atoms with E-state index in [1.165, 1.54) is 11.3 Å². The Hall–Kier alpha value is -0.550. The Balaban J connectivity index is 2.04. The van der Waals surface area contributed by atoms with Gasteiger partial charge in [-0.2, -0.15) is 0 Å². The van der Waals surface area contributed by atoms with Gasteiger partial charge < -0.3 is 4.74 Å². The van der Waals surface area contributed by atoms with Crippen LogP contribution in [0.5, 0.6) is 5.75 Å². The fraction of sp³-hybridized carbons (Fsp3) is 0.111. The summed E-state index contributed by atoms with van der Waals surface area (Å²) in [7, 11) is 0. The van der Waals surface area contributed by atoms with Crippen LogP contribution in [0.4, 0.5) is 0 Å². The number of halogens is 3. The second-order valence-corrected chi connectivity index (χ2v) is 5.36. The van der Waals surface area contributed by atoms with Crippen molar-refractivity contribution in [2.24, 2.45) is 0 Å². The first-order valence-electron chi connectivity index (χ1n) is 4.20. The Morgan fingerprint density at radius 3 is 2.31 bits per heavy atom. The fourth-order valence-corrected chi connectivity index (χ4v) is 2.33. The summed E-state index contributed by atoms with van der Waals surface area (Å²) in [5.41, 5.74) is 0. The van der Waals surface area contributed by atoms with Crippen LogP contribution in [0.1, 0.15) is 5.01 Å². The van der Waals surface area contributed by atoms with Gasteiger partial charge in [-0.25, -0.2) is 0 Å². The maximum Gasteiger partial charge on any atom is 0.207 e. The zero-order valence-corrected chi connectivity index (χ0v) is 10.9. The lowest BCUT2D eigenvalue weighted by Gasteiger charge is -2.04. The Morgan fingerprint density at radius 1 is 1.06 bits per heavy atom. The number of hydrogen-bond acceptors (Lipinski definition) is 4. The van der Waals surface area contributed by atoms with Crippen LogP contribution in [0.25, 0.3) is 0 Å². The Bertz CT molecular complexity index is 483. The zero-order chi connectivity index (χ0) is 11.5. The van der Waals surface area contributed by atoms with E-state index in [-0.39, 0.29) is 0 Å². The molecule has 1 heterocycles. The maximum atomic E-state index is 5.83. The predicted molar refractivity (Wildman–Crippen MR) is 65.7 cm³/mol. The van der Waals surface area contributed by atoms with E-state index in [0.717, 1.165) is 0 Å². The SMILES string of the molecule is Clc1cc(Cl)cc(OCc2nnc(Cl)s2)c1. The Morgan fingerprint density at radius 2 is 1.75 bits per heavy atom. The van der Waals surface area contributed by atoms with Crippen molar-refractivity contribution < 1.29 is 4.74 Å². The molecule has 0 radical (unpaired) electrons. The Labute approximate surface area is 111 Å². The summed E-state index contributed by atoms with van der Waals surface area (Å²) in [6.45, 7) is 0.293. The second kappa shape index (κ2) is 5.19. The van der Waals surface area contributed by atoms with E-state index in [1.807, 2.05) is 0 Å². The molecule has 2 rings (SSSR count). The largest absolute Gasteiger partial charge is 0.486 e. The highest BCUT2D eigenvalue weighted by atomic mass is 35.5. The van der Waals surface area contributed by atoms with Gasteiger partial charge in [-0.3, -0.25) is 0 Å². The van der Waals surface area contributed by atoms with E-state index < -0.39 is 0 Å². The van der Waals surface area contributed by atoms with Crippen molar-refractivity contribution in [2.75, 3.05) is 0 Å². The topological polar surface area (TPSA) is 35.0 Å². The highest BCUT2D eigenvalue weighted by Gasteiger charge is 2.04. The second-order valence-electron chi connectivity index (χ2n) is 2.84. The first-order chi connectivity index (χ1) is 7.63. The molecule has 0 aliphatic rings. The number of ether oxygens (including phenoxy) is 1. The molecule has 1 aromatic heterocycles. The fourth-order valence-electron chi connectivity index (χ4n) is 1.05. The summed E-state index contributed by atoms with van der Waals surface area (Å²) in [6.07, 6.45) is 0. The summed E-state index contributed by atoms with van der Waals surface area (Å²) >= 11 is 18.6. The molecule has 0 bridgehead atoms. The highest BCUT2D eigenvalue weighted by molar-refractivity contribution is 7.15. The molecule has 0 aliphatic carbocycles. The van der Waals surface area contributed by atoms with Gasteiger partial charge in [0.15, 0.2) is 5.01 Å². The van der Waals surface area contributed by atoms with Crippen LogP contribution in [-0.4, -0.2) is 10.2 Å². The molecule has 1 aromatic carbocycles. The van der Waals surface area contributed by atoms with Gasteiger partial charge in [0.1, 0.15) is 12.4 Å². The van der Waals surface area contributed by atoms with Crippen molar-refractivity contribution in [1.82, 2.24) is 10.2 Å². The van der Waals surface area contributed by atoms with Crippen molar-refractivity contribution in [2.45, 2.75) is 6.61 Å². The molecular weight excluding hydrogens is 291 g/mol. The summed E-state index contributed by atoms with van der Waals surface area (Å²) in [4.78, 5) is 0. The standard InChI is InChI=1S/C9H5Cl3N2OS/c10-5-1-6(11)3-7(2-5)15-4-8-13-14-9(12)16-8/h1-3H,4H2. The minimum Gasteiger partial charge on any atom is -0.486 e. The van der Waals surface area contributed by atoms with E-state index in [9.17, 15) is 0 Å². The van der Waals surface area contributed by atoms with E-state index in [2.05, 4.69) is 10.2 Å². The molecule has 0 atom stereocenters. The number of benzene rings is 1. The summed E-state index contributed by atoms with van der Waals surface area (Å²) in [5, 5.41) is 9.23. The molecule has 16 heavy (non-hydrogen) atoms. The average Bonchev–Trinajstić information content (AvgIpc) is 2.60. The molecule has 2 aromatic rings. The van der Waals surface area contributed by atoms with Crippen molar-refractivity contribution in [3.8, 4) is 5.75 Å². The lowest BCUT2D eigenvalue weighted by molar-refractivity contribution is 0.304. The first-order valence-corrected chi connectivity index (χ1v) is 6.15. The number of hydrogen-bond donors (Lipinski definition) is 0. The molecular formula is C9H5Cl3N2OS. The van der Waals surface area contributed by atoms with Gasteiger partial charge in [-0.1, -0.05) is 34.5 Å². The molecule has 0 saturated heterocycles. The van der Waals surface area contributed by atoms with E-state index in [1.54, 1.807) is 18.2 Å². The summed E-state index contributed by atoms with van der Waals surface area (Å²) in [6, 6.07) is 4.99. The third-order valence-corrected chi connectivity index (χ3v) is 3.07. The normalized spacial score (nSPS) is 10.4. The van der Waals surface area contributed by atoms with Crippen molar-refractivity contribution in [1.29, 1.82) is 0 Å². The molecule has 0 N–H and O–H groups in total. The minimum atomic E-state index is 0.293. The molecule has 0 unspecified atom stereocenters. The quantitative estimate of drug-likeness (QED) is 0.856. The Kier molecular flexibility index (Phi) is 3.86. The van der Waals surface area contributed by atoms with Crippen LogP contribution in [0, 0.1) is 0 Å². The van der Waals surface area contributed by atoms with Crippen LogP contribution >= 0.6 is 46.1 Å². The smallest absolute Gasteiger partial charge is 0.207 e. The average molecular weight is 296 g/mol. The number of rotatable bonds is 3. The maximum absolute atomic E-state index is 5.83. The lowest BCUT2D eigenvalue weighted by Crippen LogP contribution is -1.94. The highest BCUT2D eigenvalue weighted by Crippen LogP contribution is 2.25. The zero-order valence-electron chi connectivity index (χ0n) is 7.78. The van der Waals surface area contributed by atoms with Gasteiger partial charge in [-0.05, 0) is 29.8 Å². The van der Waals surface area contributed by atoms with E-state index in [0.29, 0.717) is 31.9 Å². The number of nitrogens with zero attached hydrogens (tertiary/aromatic N) is 2. The van der Waals surface area contributed by atoms with Crippen LogP contribution < -0.4 is 4.74 Å². The van der Waals surface area contributed by atoms with Crippen molar-refractivity contribution in [3.63, 3.8) is 0 Å². The third kappa shape index (κ3) is 3.22. The van der Waals surface area contributed by atoms with Crippen LogP contribution in [0.3, 0.4) is 0 Å². The summed E-state index contributed by atoms with van der Waals surface area (Å²) < 4.78 is 5.84. The third-order valence-electron chi connectivity index (χ3n) is 1.64. The van der Waals surface area contributed by atoms with E-state index in [4.69, 9.17) is 39.5 Å². The van der Waals surface area contributed by atoms with Crippen LogP contribution in [-0.2, 0) is 6.61 Å². The molecule has 0 fully saturated rings. The van der Waals surface area contributed by atoms with Gasteiger partial charge in [0.25, 0.3) is 0 Å². The van der Waals surface area contributed by atoms with E-state index >= 15 is 0 Å². The van der Waals surface area contributed by atoms with Crippen molar-refractivity contribution >= 4 is 46.1 Å². The molecule has 0 saturated carbocycles. The minimum absolute atomic E-state index is 0.293. The van der Waals surface area contributed by atoms with Gasteiger partial charge in [0.2, 0.25) is 4.47 Å². The molecule has 0 aliphatic heterocycles. The van der Waals surface area contributed by atoms with Crippen LogP contribution in [0.15, 0.2) is 18.2 Å². The lowest BCUT2D eigenvalue weighted by atomic mass is 10.3. The molecule has 0 spiro atoms. The summed E-state index contributed by atoms with van der Waals surface area (Å²) in [5.74, 6) is 0.587. The number of aromatic nitrogens is 2. The molecule has 0 amide bonds. The monoisotopic (exact) mass is 294 g/mol. The van der Waals surface area contributed by atoms with Crippen LogP contribution in [0.2, 0.25) is 14.5 Å². The first kappa shape index (κ1) is 11.9. The van der Waals surface area contributed by atoms with Gasteiger partial charge in [-0.15, -0.1) is 10.2 Å². The van der Waals surface area contributed by atoms with Crippen molar-refractivity contribution in [3.05, 3.63) is 37.7 Å². The molecule has 7 heteroatoms. The predicted octanol–water partition coefficient (Wildman–Crippen LogP) is 4.08.